The molecule has 5 rings (SSSR count). The molecule has 4 heteroatoms. The van der Waals surface area contributed by atoms with E-state index in [4.69, 9.17) is 11.5 Å². The van der Waals surface area contributed by atoms with Crippen LogP contribution in [0.4, 0.5) is 34.1 Å². The van der Waals surface area contributed by atoms with E-state index in [1.807, 2.05) is 48.5 Å². The summed E-state index contributed by atoms with van der Waals surface area (Å²) in [6.07, 6.45) is 1.56. The average Bonchev–Trinajstić information content (AvgIpc) is 2.89. The molecule has 5 aromatic rings. The van der Waals surface area contributed by atoms with E-state index in [1.165, 1.54) is 11.1 Å². The summed E-state index contributed by atoms with van der Waals surface area (Å²) in [5.74, 6) is 0. The molecular weight excluding hydrogens is 440 g/mol. The molecule has 4 nitrogen and oxygen atoms in total. The summed E-state index contributed by atoms with van der Waals surface area (Å²) >= 11 is 0. The van der Waals surface area contributed by atoms with Crippen molar-refractivity contribution >= 4 is 34.1 Å². The first-order valence-electron chi connectivity index (χ1n) is 12.1. The van der Waals surface area contributed by atoms with Crippen LogP contribution < -0.4 is 22.1 Å². The van der Waals surface area contributed by atoms with Crippen LogP contribution in [0.25, 0.3) is 0 Å². The molecule has 0 aliphatic carbocycles. The van der Waals surface area contributed by atoms with Crippen molar-refractivity contribution in [2.24, 2.45) is 0 Å². The van der Waals surface area contributed by atoms with Gasteiger partial charge in [-0.05, 0) is 95.8 Å². The summed E-state index contributed by atoms with van der Waals surface area (Å²) in [6.45, 7) is 0. The second-order valence-corrected chi connectivity index (χ2v) is 8.99. The van der Waals surface area contributed by atoms with E-state index in [1.54, 1.807) is 0 Å². The van der Waals surface area contributed by atoms with E-state index in [2.05, 4.69) is 83.4 Å². The maximum Gasteiger partial charge on any atom is 0.0421 e. The molecule has 5 aromatic carbocycles. The summed E-state index contributed by atoms with van der Waals surface area (Å²) in [5.41, 5.74) is 22.8. The third-order valence-electron chi connectivity index (χ3n) is 6.14. The number of nitrogens with two attached hydrogens (primary N) is 2. The van der Waals surface area contributed by atoms with Crippen LogP contribution in [-0.4, -0.2) is 0 Å². The monoisotopic (exact) mass is 470 g/mol. The molecule has 6 N–H and O–H groups in total. The minimum Gasteiger partial charge on any atom is -0.399 e. The highest BCUT2D eigenvalue weighted by Crippen LogP contribution is 2.28. The van der Waals surface area contributed by atoms with Gasteiger partial charge in [0, 0.05) is 34.1 Å². The fourth-order valence-electron chi connectivity index (χ4n) is 4.41. The maximum atomic E-state index is 6.15. The smallest absolute Gasteiger partial charge is 0.0421 e. The average molecular weight is 471 g/mol. The molecule has 178 valence electrons. The summed E-state index contributed by atoms with van der Waals surface area (Å²) in [6, 6.07) is 41.2. The molecule has 0 unspecified atom stereocenters. The lowest BCUT2D eigenvalue weighted by molar-refractivity contribution is 1.14. The molecule has 0 aliphatic rings. The molecule has 0 saturated heterocycles. The van der Waals surface area contributed by atoms with Gasteiger partial charge in [0.25, 0.3) is 0 Å². The number of hydrogen-bond acceptors (Lipinski definition) is 4. The summed E-state index contributed by atoms with van der Waals surface area (Å²) in [4.78, 5) is 0. The normalized spacial score (nSPS) is 10.7. The van der Waals surface area contributed by atoms with Crippen molar-refractivity contribution in [3.8, 4) is 0 Å². The molecular formula is C32H30N4. The lowest BCUT2D eigenvalue weighted by atomic mass is 9.97. The van der Waals surface area contributed by atoms with Gasteiger partial charge in [0.05, 0.1) is 0 Å². The number of hydrogen-bond donors (Lipinski definition) is 4. The molecule has 0 saturated carbocycles. The lowest BCUT2D eigenvalue weighted by Gasteiger charge is -2.15. The van der Waals surface area contributed by atoms with Gasteiger partial charge in [-0.15, -0.1) is 0 Å². The van der Waals surface area contributed by atoms with E-state index in [9.17, 15) is 0 Å². The molecule has 0 amide bonds. The fraction of sp³-hybridized carbons (Fsp3) is 0.0625. The van der Waals surface area contributed by atoms with Crippen LogP contribution in [0.15, 0.2) is 121 Å². The Balaban J connectivity index is 1.38. The highest BCUT2D eigenvalue weighted by molar-refractivity contribution is 5.68. The summed E-state index contributed by atoms with van der Waals surface area (Å²) < 4.78 is 0. The van der Waals surface area contributed by atoms with Crippen molar-refractivity contribution in [3.05, 3.63) is 144 Å². The molecule has 0 aromatic heterocycles. The molecule has 36 heavy (non-hydrogen) atoms. The van der Waals surface area contributed by atoms with Gasteiger partial charge in [-0.2, -0.15) is 0 Å². The maximum absolute atomic E-state index is 6.15. The van der Waals surface area contributed by atoms with Crippen LogP contribution in [0.1, 0.15) is 22.3 Å². The predicted octanol–water partition coefficient (Wildman–Crippen LogP) is 7.52. The Hall–Kier alpha value is -4.70. The van der Waals surface area contributed by atoms with Crippen molar-refractivity contribution in [3.63, 3.8) is 0 Å². The van der Waals surface area contributed by atoms with Crippen LogP contribution >= 0.6 is 0 Å². The predicted molar refractivity (Wildman–Crippen MR) is 153 cm³/mol. The SMILES string of the molecule is Nc1ccc(Nc2ccccc2)c(Cc2cccc(Cc3cc(N)ccc3Nc3ccccc3)c2)c1. The van der Waals surface area contributed by atoms with Gasteiger partial charge < -0.3 is 22.1 Å². The number of para-hydroxylation sites is 2. The van der Waals surface area contributed by atoms with E-state index in [0.29, 0.717) is 0 Å². The highest BCUT2D eigenvalue weighted by atomic mass is 14.9. The third kappa shape index (κ3) is 5.86. The first kappa shape index (κ1) is 23.1. The second-order valence-electron chi connectivity index (χ2n) is 8.99. The van der Waals surface area contributed by atoms with E-state index >= 15 is 0 Å². The highest BCUT2D eigenvalue weighted by Gasteiger charge is 2.09. The largest absolute Gasteiger partial charge is 0.399 e. The minimum absolute atomic E-state index is 0.760. The van der Waals surface area contributed by atoms with Crippen LogP contribution in [-0.2, 0) is 12.8 Å². The zero-order chi connectivity index (χ0) is 24.7. The quantitative estimate of drug-likeness (QED) is 0.177. The Morgan fingerprint density at radius 1 is 0.444 bits per heavy atom. The van der Waals surface area contributed by atoms with Crippen LogP contribution in [0.2, 0.25) is 0 Å². The van der Waals surface area contributed by atoms with E-state index in [-0.39, 0.29) is 0 Å². The standard InChI is InChI=1S/C32H30N4/c33-27-14-16-31(35-29-10-3-1-4-11-29)25(21-27)19-23-8-7-9-24(18-23)20-26-22-28(34)15-17-32(26)36-30-12-5-2-6-13-30/h1-18,21-22,35-36H,19-20,33-34H2. The molecule has 0 bridgehead atoms. The van der Waals surface area contributed by atoms with Crippen molar-refractivity contribution in [1.82, 2.24) is 0 Å². The number of nitrogens with one attached hydrogen (secondary N) is 2. The fourth-order valence-corrected chi connectivity index (χ4v) is 4.41. The van der Waals surface area contributed by atoms with Gasteiger partial charge in [0.15, 0.2) is 0 Å². The van der Waals surface area contributed by atoms with E-state index < -0.39 is 0 Å². The van der Waals surface area contributed by atoms with Crippen LogP contribution in [0, 0.1) is 0 Å². The lowest BCUT2D eigenvalue weighted by Crippen LogP contribution is -2.01. The van der Waals surface area contributed by atoms with Gasteiger partial charge in [0.1, 0.15) is 0 Å². The van der Waals surface area contributed by atoms with Crippen molar-refractivity contribution in [2.45, 2.75) is 12.8 Å². The number of rotatable bonds is 8. The molecule has 0 fully saturated rings. The van der Waals surface area contributed by atoms with Crippen LogP contribution in [0.3, 0.4) is 0 Å². The summed E-state index contributed by atoms with van der Waals surface area (Å²) in [5, 5.41) is 7.07. The van der Waals surface area contributed by atoms with Crippen molar-refractivity contribution in [2.75, 3.05) is 22.1 Å². The second kappa shape index (κ2) is 10.7. The first-order chi connectivity index (χ1) is 17.6. The Kier molecular flexibility index (Phi) is 6.86. The topological polar surface area (TPSA) is 76.1 Å². The first-order valence-corrected chi connectivity index (χ1v) is 12.1. The Morgan fingerprint density at radius 2 is 0.889 bits per heavy atom. The Morgan fingerprint density at radius 3 is 1.33 bits per heavy atom. The third-order valence-corrected chi connectivity index (χ3v) is 6.14. The molecule has 0 radical (unpaired) electrons. The number of nitrogen functional groups attached to an aromatic ring is 2. The molecule has 0 atom stereocenters. The van der Waals surface area contributed by atoms with Crippen molar-refractivity contribution in [1.29, 1.82) is 0 Å². The Bertz CT molecular complexity index is 1340. The van der Waals surface area contributed by atoms with Gasteiger partial charge in [-0.1, -0.05) is 60.7 Å². The van der Waals surface area contributed by atoms with Crippen LogP contribution in [0.5, 0.6) is 0 Å². The van der Waals surface area contributed by atoms with Gasteiger partial charge in [-0.3, -0.25) is 0 Å². The summed E-state index contributed by atoms with van der Waals surface area (Å²) in [7, 11) is 0. The molecule has 0 spiro atoms. The van der Waals surface area contributed by atoms with Gasteiger partial charge >= 0.3 is 0 Å². The zero-order valence-electron chi connectivity index (χ0n) is 20.1. The van der Waals surface area contributed by atoms with Crippen molar-refractivity contribution < 1.29 is 0 Å². The van der Waals surface area contributed by atoms with Gasteiger partial charge in [-0.25, -0.2) is 0 Å². The number of anilines is 6. The minimum atomic E-state index is 0.760. The number of benzene rings is 5. The van der Waals surface area contributed by atoms with Gasteiger partial charge in [0.2, 0.25) is 0 Å². The molecule has 0 aliphatic heterocycles. The zero-order valence-corrected chi connectivity index (χ0v) is 20.1. The molecule has 0 heterocycles. The Labute approximate surface area is 212 Å². The van der Waals surface area contributed by atoms with E-state index in [0.717, 1.165) is 58.1 Å².